The average Bonchev–Trinajstić information content (AvgIpc) is 3.53. The van der Waals surface area contributed by atoms with E-state index in [-0.39, 0.29) is 5.41 Å². The van der Waals surface area contributed by atoms with Gasteiger partial charge < -0.3 is 0 Å². The lowest BCUT2D eigenvalue weighted by Crippen LogP contribution is -2.14. The van der Waals surface area contributed by atoms with Gasteiger partial charge in [0.15, 0.2) is 17.5 Å². The second-order valence-electron chi connectivity index (χ2n) is 15.4. The van der Waals surface area contributed by atoms with Crippen molar-refractivity contribution in [1.29, 1.82) is 0 Å². The molecule has 2 heterocycles. The summed E-state index contributed by atoms with van der Waals surface area (Å²) in [4.78, 5) is 26.5. The van der Waals surface area contributed by atoms with E-state index in [2.05, 4.69) is 166 Å². The first kappa shape index (κ1) is 34.6. The summed E-state index contributed by atoms with van der Waals surface area (Å²) in [5.74, 6) is 2.07. The van der Waals surface area contributed by atoms with E-state index in [1.165, 1.54) is 22.3 Å². The Morgan fingerprint density at radius 1 is 0.474 bits per heavy atom. The highest BCUT2D eigenvalue weighted by Gasteiger charge is 2.37. The Bertz CT molecular complexity index is 2810. The van der Waals surface area contributed by atoms with Gasteiger partial charge in [-0.2, -0.15) is 0 Å². The predicted molar refractivity (Wildman–Crippen MR) is 233 cm³/mol. The van der Waals surface area contributed by atoms with E-state index in [9.17, 15) is 0 Å². The fraction of sp³-hybridized carbons (Fsp3) is 0.135. The highest BCUT2D eigenvalue weighted by Crippen LogP contribution is 2.53. The first-order valence-electron chi connectivity index (χ1n) is 19.9. The number of benzene rings is 5. The smallest absolute Gasteiger partial charge is 0.164 e. The monoisotopic (exact) mass is 735 g/mol. The highest BCUT2D eigenvalue weighted by atomic mass is 15.0. The van der Waals surface area contributed by atoms with Gasteiger partial charge >= 0.3 is 0 Å². The first-order valence-corrected chi connectivity index (χ1v) is 19.9. The normalized spacial score (nSPS) is 15.1. The molecule has 0 saturated carbocycles. The largest absolute Gasteiger partial charge is 0.243 e. The molecule has 0 saturated heterocycles. The van der Waals surface area contributed by atoms with Crippen molar-refractivity contribution < 1.29 is 0 Å². The molecule has 0 radical (unpaired) electrons. The molecule has 0 amide bonds. The number of hydrogen-bond acceptors (Lipinski definition) is 5. The lowest BCUT2D eigenvalue weighted by Gasteiger charge is -2.22. The van der Waals surface area contributed by atoms with E-state index in [4.69, 9.17) is 24.9 Å². The van der Waals surface area contributed by atoms with Crippen molar-refractivity contribution in [2.75, 3.05) is 0 Å². The molecule has 0 unspecified atom stereocenters. The molecule has 0 fully saturated rings. The van der Waals surface area contributed by atoms with Gasteiger partial charge in [0.1, 0.15) is 0 Å². The van der Waals surface area contributed by atoms with Gasteiger partial charge in [-0.1, -0.05) is 172 Å². The Kier molecular flexibility index (Phi) is 8.71. The van der Waals surface area contributed by atoms with Crippen molar-refractivity contribution in [2.45, 2.75) is 44.9 Å². The molecule has 5 aromatic carbocycles. The number of fused-ring (bicyclic) bond motifs is 3. The second-order valence-corrected chi connectivity index (χ2v) is 15.4. The van der Waals surface area contributed by atoms with Crippen LogP contribution < -0.4 is 0 Å². The van der Waals surface area contributed by atoms with Crippen molar-refractivity contribution in [3.63, 3.8) is 0 Å². The van der Waals surface area contributed by atoms with Crippen LogP contribution in [-0.4, -0.2) is 24.9 Å². The van der Waals surface area contributed by atoms with Gasteiger partial charge in [-0.15, -0.1) is 0 Å². The van der Waals surface area contributed by atoms with E-state index in [0.717, 1.165) is 93.2 Å². The third-order valence-electron chi connectivity index (χ3n) is 11.4. The van der Waals surface area contributed by atoms with Gasteiger partial charge in [-0.05, 0) is 59.6 Å². The Labute approximate surface area is 334 Å². The maximum Gasteiger partial charge on any atom is 0.164 e. The van der Waals surface area contributed by atoms with Crippen LogP contribution >= 0.6 is 0 Å². The topological polar surface area (TPSA) is 64.5 Å². The van der Waals surface area contributed by atoms with Crippen molar-refractivity contribution in [2.24, 2.45) is 0 Å². The van der Waals surface area contributed by atoms with Crippen molar-refractivity contribution >= 4 is 11.1 Å². The molecule has 57 heavy (non-hydrogen) atoms. The number of aromatic nitrogens is 5. The molecule has 5 heteroatoms. The fourth-order valence-corrected chi connectivity index (χ4v) is 8.52. The number of rotatable bonds is 7. The molecule has 0 N–H and O–H groups in total. The van der Waals surface area contributed by atoms with Crippen LogP contribution in [-0.2, 0) is 5.41 Å². The van der Waals surface area contributed by atoms with E-state index in [1.54, 1.807) is 0 Å². The lowest BCUT2D eigenvalue weighted by molar-refractivity contribution is 0.660. The van der Waals surface area contributed by atoms with Crippen molar-refractivity contribution in [3.8, 4) is 67.5 Å². The minimum atomic E-state index is -0.145. The minimum Gasteiger partial charge on any atom is -0.243 e. The average molecular weight is 736 g/mol. The Balaban J connectivity index is 1.20. The van der Waals surface area contributed by atoms with Crippen LogP contribution in [0.25, 0.3) is 78.7 Å². The number of allylic oxidation sites excluding steroid dienone is 8. The van der Waals surface area contributed by atoms with Crippen LogP contribution in [0.3, 0.4) is 0 Å². The molecule has 274 valence electrons. The molecule has 5 nitrogen and oxygen atoms in total. The van der Waals surface area contributed by atoms with Crippen LogP contribution in [0.4, 0.5) is 0 Å². The summed E-state index contributed by atoms with van der Waals surface area (Å²) >= 11 is 0. The predicted octanol–water partition coefficient (Wildman–Crippen LogP) is 12.8. The third kappa shape index (κ3) is 6.26. The third-order valence-corrected chi connectivity index (χ3v) is 11.4. The summed E-state index contributed by atoms with van der Waals surface area (Å²) in [7, 11) is 0. The molecule has 0 spiro atoms. The lowest BCUT2D eigenvalue weighted by atomic mass is 9.82. The van der Waals surface area contributed by atoms with Crippen LogP contribution in [0, 0.1) is 0 Å². The van der Waals surface area contributed by atoms with E-state index in [0.29, 0.717) is 11.6 Å². The molecule has 0 atom stereocenters. The summed E-state index contributed by atoms with van der Waals surface area (Å²) in [6, 6.07) is 44.8. The van der Waals surface area contributed by atoms with E-state index in [1.807, 2.05) is 12.1 Å². The zero-order valence-electron chi connectivity index (χ0n) is 32.2. The van der Waals surface area contributed by atoms with Crippen molar-refractivity contribution in [3.05, 3.63) is 187 Å². The Morgan fingerprint density at radius 2 is 1.09 bits per heavy atom. The van der Waals surface area contributed by atoms with Gasteiger partial charge in [-0.25, -0.2) is 24.9 Å². The fourth-order valence-electron chi connectivity index (χ4n) is 8.52. The van der Waals surface area contributed by atoms with Crippen LogP contribution in [0.5, 0.6) is 0 Å². The van der Waals surface area contributed by atoms with Gasteiger partial charge in [-0.3, -0.25) is 0 Å². The minimum absolute atomic E-state index is 0.145. The van der Waals surface area contributed by atoms with Gasteiger partial charge in [0.05, 0.1) is 22.8 Å². The van der Waals surface area contributed by atoms with Crippen LogP contribution in [0.2, 0.25) is 0 Å². The molecule has 3 aliphatic carbocycles. The maximum atomic E-state index is 5.68. The molecule has 0 aliphatic heterocycles. The number of hydrogen-bond donors (Lipinski definition) is 0. The molecule has 0 bridgehead atoms. The molecule has 7 aromatic rings. The summed E-state index contributed by atoms with van der Waals surface area (Å²) in [5.41, 5.74) is 15.4. The Hall–Kier alpha value is -6.85. The highest BCUT2D eigenvalue weighted by molar-refractivity contribution is 5.96. The molecular formula is C52H41N5. The molecular weight excluding hydrogens is 695 g/mol. The molecule has 2 aromatic heterocycles. The molecule has 3 aliphatic rings. The zero-order chi connectivity index (χ0) is 38.3. The van der Waals surface area contributed by atoms with Gasteiger partial charge in [0.25, 0.3) is 0 Å². The first-order chi connectivity index (χ1) is 28.0. The standard InChI is InChI=1S/C52H41N5/c1-52(2)42-31-16-15-29-40(42)44-41(30-18-32-43(44)52)48-46(35-21-9-4-10-22-35)53-47(45(54-48)34-19-7-3-8-20-34)38-27-17-28-39(33-38)51-56-49(36-23-11-5-12-24-36)55-50(57-51)37-25-13-6-14-26-37/h3-5,7-11,13,15-23,25-33H,6,12,14,24H2,1-2H3. The Morgan fingerprint density at radius 3 is 1.84 bits per heavy atom. The van der Waals surface area contributed by atoms with E-state index >= 15 is 0 Å². The maximum absolute atomic E-state index is 5.68. The van der Waals surface area contributed by atoms with Gasteiger partial charge in [0, 0.05) is 38.8 Å². The van der Waals surface area contributed by atoms with Crippen molar-refractivity contribution in [1.82, 2.24) is 24.9 Å². The SMILES string of the molecule is CC1(C)c2ccccc2-c2c(-c3nc(-c4ccccc4)c(-c4cccc(-c5nc(C6=CCCC=C6)nc(C6=CC=CCC6)n5)c4)nc3-c3ccccc3)cccc21. The number of nitrogens with zero attached hydrogens (tertiary/aromatic N) is 5. The van der Waals surface area contributed by atoms with Gasteiger partial charge in [0.2, 0.25) is 0 Å². The molecule has 10 rings (SSSR count). The van der Waals surface area contributed by atoms with E-state index < -0.39 is 0 Å². The second kappa shape index (κ2) is 14.3. The quantitative estimate of drug-likeness (QED) is 0.163. The summed E-state index contributed by atoms with van der Waals surface area (Å²) in [6.45, 7) is 4.64. The summed E-state index contributed by atoms with van der Waals surface area (Å²) in [5, 5.41) is 0. The summed E-state index contributed by atoms with van der Waals surface area (Å²) < 4.78 is 0. The summed E-state index contributed by atoms with van der Waals surface area (Å²) in [6.07, 6.45) is 16.8. The van der Waals surface area contributed by atoms with Crippen LogP contribution in [0.1, 0.15) is 62.3 Å². The van der Waals surface area contributed by atoms with Crippen LogP contribution in [0.15, 0.2) is 164 Å². The zero-order valence-corrected chi connectivity index (χ0v) is 32.2.